The van der Waals surface area contributed by atoms with Gasteiger partial charge in [0.15, 0.2) is 0 Å². The summed E-state index contributed by atoms with van der Waals surface area (Å²) in [7, 11) is 0. The highest BCUT2D eigenvalue weighted by Crippen LogP contribution is 2.32. The molecule has 2 aliphatic heterocycles. The SMILES string of the molecule is O=C1CCC(N2C(=O)c3cccc(NCCCCCCCNC(=O)C4CC4)c3C2=O)C(=O)N1. The van der Waals surface area contributed by atoms with Crippen LogP contribution in [0.1, 0.15) is 78.5 Å². The highest BCUT2D eigenvalue weighted by atomic mass is 16.2. The Morgan fingerprint density at radius 3 is 2.39 bits per heavy atom. The fraction of sp³-hybridized carbons (Fsp3) is 0.542. The van der Waals surface area contributed by atoms with Gasteiger partial charge in [-0.2, -0.15) is 0 Å². The summed E-state index contributed by atoms with van der Waals surface area (Å²) in [5.74, 6) is -1.55. The topological polar surface area (TPSA) is 125 Å². The van der Waals surface area contributed by atoms with E-state index in [1.165, 1.54) is 0 Å². The maximum atomic E-state index is 13.1. The number of unbranched alkanes of at least 4 members (excludes halogenated alkanes) is 4. The van der Waals surface area contributed by atoms with Crippen molar-refractivity contribution in [2.45, 2.75) is 63.8 Å². The smallest absolute Gasteiger partial charge is 0.264 e. The van der Waals surface area contributed by atoms with Gasteiger partial charge in [-0.1, -0.05) is 25.3 Å². The van der Waals surface area contributed by atoms with E-state index in [2.05, 4.69) is 16.0 Å². The molecule has 4 rings (SSSR count). The van der Waals surface area contributed by atoms with E-state index in [-0.39, 0.29) is 30.2 Å². The third kappa shape index (κ3) is 5.23. The van der Waals surface area contributed by atoms with Crippen molar-refractivity contribution in [3.63, 3.8) is 0 Å². The molecule has 33 heavy (non-hydrogen) atoms. The molecule has 0 bridgehead atoms. The monoisotopic (exact) mass is 454 g/mol. The van der Waals surface area contributed by atoms with Gasteiger partial charge >= 0.3 is 0 Å². The Hall–Kier alpha value is -3.23. The number of anilines is 1. The summed E-state index contributed by atoms with van der Waals surface area (Å²) in [4.78, 5) is 62.1. The van der Waals surface area contributed by atoms with Crippen LogP contribution >= 0.6 is 0 Å². The van der Waals surface area contributed by atoms with Gasteiger partial charge < -0.3 is 10.6 Å². The van der Waals surface area contributed by atoms with Crippen molar-refractivity contribution >= 4 is 35.2 Å². The molecule has 2 fully saturated rings. The van der Waals surface area contributed by atoms with Crippen molar-refractivity contribution in [1.82, 2.24) is 15.5 Å². The Bertz CT molecular complexity index is 972. The number of carbonyl (C=O) groups is 5. The van der Waals surface area contributed by atoms with Crippen molar-refractivity contribution in [2.24, 2.45) is 5.92 Å². The van der Waals surface area contributed by atoms with E-state index in [4.69, 9.17) is 0 Å². The predicted molar refractivity (Wildman–Crippen MR) is 120 cm³/mol. The van der Waals surface area contributed by atoms with Crippen LogP contribution in [0.25, 0.3) is 0 Å². The molecule has 2 heterocycles. The molecule has 0 spiro atoms. The van der Waals surface area contributed by atoms with Crippen LogP contribution in [0.4, 0.5) is 5.69 Å². The van der Waals surface area contributed by atoms with Gasteiger partial charge in [-0.15, -0.1) is 0 Å². The summed E-state index contributed by atoms with van der Waals surface area (Å²) in [6.07, 6.45) is 7.32. The van der Waals surface area contributed by atoms with Gasteiger partial charge in [0.05, 0.1) is 11.1 Å². The molecule has 1 atom stereocenters. The number of imide groups is 2. The van der Waals surface area contributed by atoms with E-state index >= 15 is 0 Å². The van der Waals surface area contributed by atoms with E-state index in [0.29, 0.717) is 17.8 Å². The molecular formula is C24H30N4O5. The van der Waals surface area contributed by atoms with Crippen LogP contribution in [0.15, 0.2) is 18.2 Å². The van der Waals surface area contributed by atoms with E-state index < -0.39 is 29.7 Å². The summed E-state index contributed by atoms with van der Waals surface area (Å²) in [5.41, 5.74) is 1.16. The van der Waals surface area contributed by atoms with Crippen LogP contribution < -0.4 is 16.0 Å². The number of rotatable bonds is 11. The molecule has 3 aliphatic rings. The van der Waals surface area contributed by atoms with E-state index in [0.717, 1.165) is 56.4 Å². The van der Waals surface area contributed by atoms with Crippen LogP contribution in [-0.4, -0.2) is 53.6 Å². The van der Waals surface area contributed by atoms with Crippen LogP contribution in [0.3, 0.4) is 0 Å². The normalized spacial score (nSPS) is 20.0. The van der Waals surface area contributed by atoms with E-state index in [1.54, 1.807) is 18.2 Å². The second-order valence-electron chi connectivity index (χ2n) is 8.94. The van der Waals surface area contributed by atoms with Gasteiger partial charge in [-0.3, -0.25) is 34.2 Å². The van der Waals surface area contributed by atoms with Crippen molar-refractivity contribution < 1.29 is 24.0 Å². The third-order valence-electron chi connectivity index (χ3n) is 6.38. The van der Waals surface area contributed by atoms with Crippen LogP contribution in [0.5, 0.6) is 0 Å². The molecule has 3 N–H and O–H groups in total. The van der Waals surface area contributed by atoms with Gasteiger partial charge in [-0.25, -0.2) is 0 Å². The van der Waals surface area contributed by atoms with Crippen molar-refractivity contribution in [3.8, 4) is 0 Å². The average molecular weight is 455 g/mol. The lowest BCUT2D eigenvalue weighted by molar-refractivity contribution is -0.136. The Labute approximate surface area is 192 Å². The Morgan fingerprint density at radius 1 is 0.939 bits per heavy atom. The van der Waals surface area contributed by atoms with Gasteiger partial charge in [-0.05, 0) is 44.2 Å². The molecule has 176 valence electrons. The second-order valence-corrected chi connectivity index (χ2v) is 8.94. The van der Waals surface area contributed by atoms with Gasteiger partial charge in [0, 0.05) is 31.1 Å². The minimum Gasteiger partial charge on any atom is -0.384 e. The largest absolute Gasteiger partial charge is 0.384 e. The minimum atomic E-state index is -0.961. The molecule has 1 aromatic rings. The summed E-state index contributed by atoms with van der Waals surface area (Å²) in [6.45, 7) is 1.40. The van der Waals surface area contributed by atoms with Crippen molar-refractivity contribution in [1.29, 1.82) is 0 Å². The summed E-state index contributed by atoms with van der Waals surface area (Å²) in [6, 6.07) is 4.11. The molecule has 1 saturated carbocycles. The second kappa shape index (κ2) is 10.1. The number of nitrogens with one attached hydrogen (secondary N) is 3. The van der Waals surface area contributed by atoms with E-state index in [9.17, 15) is 24.0 Å². The number of piperidine rings is 1. The first kappa shape index (κ1) is 22.9. The molecular weight excluding hydrogens is 424 g/mol. The van der Waals surface area contributed by atoms with Crippen LogP contribution in [0.2, 0.25) is 0 Å². The number of nitrogens with zero attached hydrogens (tertiary/aromatic N) is 1. The Balaban J connectivity index is 1.23. The van der Waals surface area contributed by atoms with Crippen molar-refractivity contribution in [2.75, 3.05) is 18.4 Å². The summed E-state index contributed by atoms with van der Waals surface area (Å²) in [5, 5.41) is 8.45. The minimum absolute atomic E-state index is 0.0990. The number of fused-ring (bicyclic) bond motifs is 1. The van der Waals surface area contributed by atoms with Crippen molar-refractivity contribution in [3.05, 3.63) is 29.3 Å². The molecule has 9 nitrogen and oxygen atoms in total. The maximum absolute atomic E-state index is 13.1. The van der Waals surface area contributed by atoms with Crippen LogP contribution in [0, 0.1) is 5.92 Å². The van der Waals surface area contributed by atoms with E-state index in [1.807, 2.05) is 0 Å². The Morgan fingerprint density at radius 2 is 1.67 bits per heavy atom. The molecule has 1 unspecified atom stereocenters. The zero-order valence-corrected chi connectivity index (χ0v) is 18.7. The Kier molecular flexibility index (Phi) is 7.05. The van der Waals surface area contributed by atoms with Crippen LogP contribution in [-0.2, 0) is 14.4 Å². The highest BCUT2D eigenvalue weighted by Gasteiger charge is 2.45. The molecule has 1 aliphatic carbocycles. The molecule has 5 amide bonds. The zero-order chi connectivity index (χ0) is 23.4. The molecule has 1 saturated heterocycles. The quantitative estimate of drug-likeness (QED) is 0.347. The zero-order valence-electron chi connectivity index (χ0n) is 18.7. The first-order chi connectivity index (χ1) is 16.0. The maximum Gasteiger partial charge on any atom is 0.264 e. The first-order valence-corrected chi connectivity index (χ1v) is 11.8. The highest BCUT2D eigenvalue weighted by molar-refractivity contribution is 6.25. The lowest BCUT2D eigenvalue weighted by Crippen LogP contribution is -2.54. The van der Waals surface area contributed by atoms with Gasteiger partial charge in [0.2, 0.25) is 17.7 Å². The number of benzene rings is 1. The lowest BCUT2D eigenvalue weighted by atomic mass is 10.0. The number of amides is 5. The molecule has 0 aromatic heterocycles. The third-order valence-corrected chi connectivity index (χ3v) is 6.38. The fourth-order valence-corrected chi connectivity index (χ4v) is 4.37. The summed E-state index contributed by atoms with van der Waals surface area (Å²) >= 11 is 0. The number of hydrogen-bond donors (Lipinski definition) is 3. The lowest BCUT2D eigenvalue weighted by Gasteiger charge is -2.27. The number of hydrogen-bond acceptors (Lipinski definition) is 6. The summed E-state index contributed by atoms with van der Waals surface area (Å²) < 4.78 is 0. The first-order valence-electron chi connectivity index (χ1n) is 11.8. The molecule has 0 radical (unpaired) electrons. The fourth-order valence-electron chi connectivity index (χ4n) is 4.37. The van der Waals surface area contributed by atoms with Gasteiger partial charge in [0.25, 0.3) is 11.8 Å². The average Bonchev–Trinajstić information content (AvgIpc) is 3.61. The standard InChI is InChI=1S/C24H30N4O5/c29-19-12-11-18(22(31)27-19)28-23(32)16-7-6-8-17(20(16)24(28)33)25-13-4-2-1-3-5-14-26-21(30)15-9-10-15/h6-8,15,18,25H,1-5,9-14H2,(H,26,30)(H,27,29,31). The molecule has 9 heteroatoms. The molecule has 1 aromatic carbocycles. The number of carbonyl (C=O) groups excluding carboxylic acids is 5. The predicted octanol–water partition coefficient (Wildman–Crippen LogP) is 1.98. The van der Waals surface area contributed by atoms with Gasteiger partial charge in [0.1, 0.15) is 6.04 Å².